The number of nitrogens with one attached hydrogen (secondary N) is 2. The number of carbonyl (C=O) groups is 1. The molecule has 0 aliphatic carbocycles. The van der Waals surface area contributed by atoms with Gasteiger partial charge in [-0.15, -0.1) is 0 Å². The van der Waals surface area contributed by atoms with Gasteiger partial charge in [0.25, 0.3) is 10.0 Å². The lowest BCUT2D eigenvalue weighted by atomic mass is 10.4. The number of aryl methyl sites for hydroxylation is 3. The molecule has 0 atom stereocenters. The highest BCUT2D eigenvalue weighted by atomic mass is 35.5. The van der Waals surface area contributed by atoms with E-state index in [2.05, 4.69) is 19.5 Å². The van der Waals surface area contributed by atoms with Crippen LogP contribution >= 0.6 is 11.6 Å². The van der Waals surface area contributed by atoms with Crippen LogP contribution < -0.4 is 4.72 Å². The summed E-state index contributed by atoms with van der Waals surface area (Å²) in [6.07, 6.45) is 0. The van der Waals surface area contributed by atoms with Crippen molar-refractivity contribution < 1.29 is 17.9 Å². The molecule has 22 heavy (non-hydrogen) atoms. The first kappa shape index (κ1) is 16.4. The number of nitrogens with zero attached hydrogens (tertiary/aromatic N) is 2. The molecule has 2 heterocycles. The second-order valence-electron chi connectivity index (χ2n) is 4.67. The third kappa shape index (κ3) is 2.81. The number of sulfonamides is 1. The minimum atomic E-state index is -4.00. The molecule has 0 bridgehead atoms. The Labute approximate surface area is 132 Å². The lowest BCUT2D eigenvalue weighted by molar-refractivity contribution is 0.0596. The van der Waals surface area contributed by atoms with Crippen molar-refractivity contribution in [3.8, 4) is 0 Å². The number of esters is 1. The number of aromatic nitrogens is 3. The Bertz CT molecular complexity index is 838. The lowest BCUT2D eigenvalue weighted by Crippen LogP contribution is -2.16. The van der Waals surface area contributed by atoms with Crippen LogP contribution in [0.25, 0.3) is 0 Å². The third-order valence-electron chi connectivity index (χ3n) is 2.96. The van der Waals surface area contributed by atoms with E-state index in [1.54, 1.807) is 6.92 Å². The Balaban J connectivity index is 2.48. The second-order valence-corrected chi connectivity index (χ2v) is 6.64. The van der Waals surface area contributed by atoms with Gasteiger partial charge >= 0.3 is 5.97 Å². The van der Waals surface area contributed by atoms with Crippen LogP contribution in [0.4, 0.5) is 5.69 Å². The van der Waals surface area contributed by atoms with E-state index in [9.17, 15) is 13.2 Å². The number of ether oxygens (including phenoxy) is 1. The van der Waals surface area contributed by atoms with Crippen LogP contribution in [0.15, 0.2) is 11.0 Å². The van der Waals surface area contributed by atoms with Gasteiger partial charge in [-0.05, 0) is 19.9 Å². The number of H-pyrrole nitrogens is 1. The standard InChI is InChI=1S/C12H15ClN4O4S/c1-6-5-8(9(14-6)12(18)21-4)16-22(19,20)10-7(2)15-17(3)11(10)13/h5,14,16H,1-4H3. The van der Waals surface area contributed by atoms with E-state index in [0.717, 1.165) is 0 Å². The molecule has 2 aromatic heterocycles. The van der Waals surface area contributed by atoms with E-state index in [1.807, 2.05) is 0 Å². The number of hydrogen-bond acceptors (Lipinski definition) is 5. The summed E-state index contributed by atoms with van der Waals surface area (Å²) in [7, 11) is -1.25. The summed E-state index contributed by atoms with van der Waals surface area (Å²) >= 11 is 5.98. The Morgan fingerprint density at radius 2 is 2.09 bits per heavy atom. The maximum atomic E-state index is 12.5. The zero-order chi connectivity index (χ0) is 16.7. The van der Waals surface area contributed by atoms with E-state index >= 15 is 0 Å². The Morgan fingerprint density at radius 3 is 2.59 bits per heavy atom. The summed E-state index contributed by atoms with van der Waals surface area (Å²) in [5, 5.41) is 3.95. The number of rotatable bonds is 4. The van der Waals surface area contributed by atoms with E-state index < -0.39 is 16.0 Å². The first-order valence-electron chi connectivity index (χ1n) is 6.17. The average molecular weight is 347 g/mol. The van der Waals surface area contributed by atoms with Crippen LogP contribution in [0.2, 0.25) is 5.15 Å². The number of carbonyl (C=O) groups excluding carboxylic acids is 1. The first-order chi connectivity index (χ1) is 10.2. The van der Waals surface area contributed by atoms with Crippen molar-refractivity contribution in [3.63, 3.8) is 0 Å². The van der Waals surface area contributed by atoms with Crippen molar-refractivity contribution in [2.45, 2.75) is 18.7 Å². The van der Waals surface area contributed by atoms with Crippen LogP contribution in [-0.4, -0.2) is 36.3 Å². The predicted octanol–water partition coefficient (Wildman–Crippen LogP) is 1.61. The molecule has 10 heteroatoms. The van der Waals surface area contributed by atoms with Crippen molar-refractivity contribution in [1.29, 1.82) is 0 Å². The highest BCUT2D eigenvalue weighted by Crippen LogP contribution is 2.28. The summed E-state index contributed by atoms with van der Waals surface area (Å²) in [6.45, 7) is 3.22. The minimum Gasteiger partial charge on any atom is -0.464 e. The van der Waals surface area contributed by atoms with Crippen molar-refractivity contribution in [3.05, 3.63) is 28.3 Å². The van der Waals surface area contributed by atoms with Gasteiger partial charge in [0.1, 0.15) is 15.7 Å². The fourth-order valence-corrected chi connectivity index (χ4v) is 3.86. The van der Waals surface area contributed by atoms with Gasteiger partial charge < -0.3 is 9.72 Å². The van der Waals surface area contributed by atoms with Crippen LogP contribution in [0.3, 0.4) is 0 Å². The number of halogens is 1. The van der Waals surface area contributed by atoms with Crippen molar-refractivity contribution in [1.82, 2.24) is 14.8 Å². The molecular formula is C12H15ClN4O4S. The molecule has 120 valence electrons. The van der Waals surface area contributed by atoms with Gasteiger partial charge in [-0.1, -0.05) is 11.6 Å². The fraction of sp³-hybridized carbons (Fsp3) is 0.333. The predicted molar refractivity (Wildman–Crippen MR) is 80.6 cm³/mol. The molecule has 2 aromatic rings. The maximum absolute atomic E-state index is 12.5. The molecular weight excluding hydrogens is 332 g/mol. The van der Waals surface area contributed by atoms with Crippen molar-refractivity contribution in [2.24, 2.45) is 7.05 Å². The molecule has 0 saturated carbocycles. The van der Waals surface area contributed by atoms with E-state index in [4.69, 9.17) is 11.6 Å². The second kappa shape index (κ2) is 5.65. The fourth-order valence-electron chi connectivity index (χ4n) is 2.04. The van der Waals surface area contributed by atoms with Crippen molar-refractivity contribution >= 4 is 33.3 Å². The molecule has 0 fully saturated rings. The van der Waals surface area contributed by atoms with Gasteiger partial charge in [-0.2, -0.15) is 5.10 Å². The topological polar surface area (TPSA) is 106 Å². The maximum Gasteiger partial charge on any atom is 0.356 e. The van der Waals surface area contributed by atoms with E-state index in [-0.39, 0.29) is 27.1 Å². The van der Waals surface area contributed by atoms with Gasteiger partial charge in [0.2, 0.25) is 0 Å². The first-order valence-corrected chi connectivity index (χ1v) is 8.03. The summed E-state index contributed by atoms with van der Waals surface area (Å²) in [6, 6.07) is 1.49. The smallest absolute Gasteiger partial charge is 0.356 e. The molecule has 2 N–H and O–H groups in total. The number of anilines is 1. The van der Waals surface area contributed by atoms with Gasteiger partial charge in [0.15, 0.2) is 0 Å². The molecule has 0 aliphatic rings. The number of methoxy groups -OCH3 is 1. The lowest BCUT2D eigenvalue weighted by Gasteiger charge is -2.08. The SMILES string of the molecule is COC(=O)c1[nH]c(C)cc1NS(=O)(=O)c1c(C)nn(C)c1Cl. The largest absolute Gasteiger partial charge is 0.464 e. The van der Waals surface area contributed by atoms with E-state index in [1.165, 1.54) is 31.8 Å². The van der Waals surface area contributed by atoms with Crippen LogP contribution in [0.1, 0.15) is 21.9 Å². The zero-order valence-corrected chi connectivity index (χ0v) is 14.0. The normalized spacial score (nSPS) is 11.5. The third-order valence-corrected chi connectivity index (χ3v) is 5.02. The molecule has 0 unspecified atom stereocenters. The highest BCUT2D eigenvalue weighted by Gasteiger charge is 2.27. The van der Waals surface area contributed by atoms with E-state index in [0.29, 0.717) is 5.69 Å². The van der Waals surface area contributed by atoms with Gasteiger partial charge in [-0.25, -0.2) is 13.2 Å². The van der Waals surface area contributed by atoms with Crippen molar-refractivity contribution in [2.75, 3.05) is 11.8 Å². The Morgan fingerprint density at radius 1 is 1.45 bits per heavy atom. The van der Waals surface area contributed by atoms with Crippen LogP contribution in [0.5, 0.6) is 0 Å². The molecule has 0 saturated heterocycles. The summed E-state index contributed by atoms with van der Waals surface area (Å²) < 4.78 is 33.2. The molecule has 0 aromatic carbocycles. The molecule has 0 amide bonds. The minimum absolute atomic E-state index is 0.0150. The Kier molecular flexibility index (Phi) is 4.21. The Hall–Kier alpha value is -2.00. The number of aromatic amines is 1. The van der Waals surface area contributed by atoms with Gasteiger partial charge in [-0.3, -0.25) is 9.40 Å². The van der Waals surface area contributed by atoms with Gasteiger partial charge in [0.05, 0.1) is 18.5 Å². The molecule has 0 spiro atoms. The van der Waals surface area contributed by atoms with Crippen LogP contribution in [-0.2, 0) is 21.8 Å². The highest BCUT2D eigenvalue weighted by molar-refractivity contribution is 7.92. The number of hydrogen-bond donors (Lipinski definition) is 2. The molecule has 8 nitrogen and oxygen atoms in total. The monoisotopic (exact) mass is 346 g/mol. The summed E-state index contributed by atoms with van der Waals surface area (Å²) in [5.41, 5.74) is 0.962. The summed E-state index contributed by atoms with van der Waals surface area (Å²) in [5.74, 6) is -0.681. The summed E-state index contributed by atoms with van der Waals surface area (Å²) in [4.78, 5) is 14.3. The molecule has 2 rings (SSSR count). The van der Waals surface area contributed by atoms with Crippen LogP contribution in [0, 0.1) is 13.8 Å². The zero-order valence-electron chi connectivity index (χ0n) is 12.4. The molecule has 0 aliphatic heterocycles. The quantitative estimate of drug-likeness (QED) is 0.818. The average Bonchev–Trinajstić information content (AvgIpc) is 2.88. The molecule has 0 radical (unpaired) electrons. The van der Waals surface area contributed by atoms with Gasteiger partial charge in [0, 0.05) is 12.7 Å².